The van der Waals surface area contributed by atoms with Gasteiger partial charge in [0, 0.05) is 35.3 Å². The van der Waals surface area contributed by atoms with Gasteiger partial charge in [0.15, 0.2) is 11.7 Å². The van der Waals surface area contributed by atoms with E-state index in [4.69, 9.17) is 5.73 Å². The molecule has 2 aliphatic rings. The quantitative estimate of drug-likeness (QED) is 0.0873. The molecule has 5 N–H and O–H groups in total. The Morgan fingerprint density at radius 1 is 1.00 bits per heavy atom. The number of fused-ring (bicyclic) bond motifs is 2. The van der Waals surface area contributed by atoms with E-state index in [0.717, 1.165) is 44.5 Å². The molecule has 236 valence electrons. The van der Waals surface area contributed by atoms with Crippen molar-refractivity contribution in [2.45, 2.75) is 38.8 Å². The Kier molecular flexibility index (Phi) is 9.74. The summed E-state index contributed by atoms with van der Waals surface area (Å²) in [7, 11) is 3.65. The number of carbonyl (C=O) groups is 1. The summed E-state index contributed by atoms with van der Waals surface area (Å²) in [6.07, 6.45) is 7.08. The third-order valence-electron chi connectivity index (χ3n) is 9.23. The van der Waals surface area contributed by atoms with Gasteiger partial charge in [-0.2, -0.15) is 0 Å². The highest BCUT2D eigenvalue weighted by Crippen LogP contribution is 2.46. The van der Waals surface area contributed by atoms with E-state index in [0.29, 0.717) is 12.4 Å². The molecule has 0 aliphatic heterocycles. The molecule has 2 aromatic carbocycles. The maximum absolute atomic E-state index is 14.4. The summed E-state index contributed by atoms with van der Waals surface area (Å²) in [6, 6.07) is 22.3. The van der Waals surface area contributed by atoms with Gasteiger partial charge >= 0.3 is 0 Å². The summed E-state index contributed by atoms with van der Waals surface area (Å²) in [4.78, 5) is 22.7. The van der Waals surface area contributed by atoms with Crippen LogP contribution >= 0.6 is 22.7 Å². The molecule has 6 rings (SSSR count). The van der Waals surface area contributed by atoms with E-state index >= 15 is 0 Å². The molecule has 0 spiro atoms. The van der Waals surface area contributed by atoms with Crippen LogP contribution in [0.5, 0.6) is 5.75 Å². The third-order valence-corrected chi connectivity index (χ3v) is 11.5. The number of nitrogens with two attached hydrogens (primary N) is 1. The zero-order valence-corrected chi connectivity index (χ0v) is 28.1. The van der Waals surface area contributed by atoms with Crippen LogP contribution in [-0.2, 0) is 13.0 Å². The Labute approximate surface area is 278 Å². The maximum atomic E-state index is 14.4. The summed E-state index contributed by atoms with van der Waals surface area (Å²) < 4.78 is 0. The first kappa shape index (κ1) is 31.8. The highest BCUT2D eigenvalue weighted by Gasteiger charge is 2.44. The number of Topliss-reactive ketones (excluding diaryl/α,β-unsaturated/α-hetero) is 1. The molecule has 0 bridgehead atoms. The minimum absolute atomic E-state index is 0.0311. The van der Waals surface area contributed by atoms with Crippen molar-refractivity contribution in [1.82, 2.24) is 10.6 Å². The molecule has 0 amide bonds. The minimum Gasteiger partial charge on any atom is -0.508 e. The summed E-state index contributed by atoms with van der Waals surface area (Å²) in [6.45, 7) is 2.64. The molecule has 46 heavy (non-hydrogen) atoms. The molecule has 2 aromatic heterocycles. The number of phenolic OH excluding ortho intramolecular Hbond substituents is 1. The second kappa shape index (κ2) is 14.1. The van der Waals surface area contributed by atoms with Crippen molar-refractivity contribution in [1.29, 1.82) is 0 Å². The molecule has 2 aliphatic carbocycles. The fraction of sp³-hybridized carbons (Fsp3) is 0.316. The molecule has 1 fully saturated rings. The third kappa shape index (κ3) is 6.82. The van der Waals surface area contributed by atoms with Crippen LogP contribution in [0, 0.1) is 35.5 Å². The number of ketones is 1. The molecular formula is C38H40N4O2S2. The highest BCUT2D eigenvalue weighted by atomic mass is 32.1. The van der Waals surface area contributed by atoms with Gasteiger partial charge in [0.1, 0.15) is 5.75 Å². The first-order valence-electron chi connectivity index (χ1n) is 15.8. The van der Waals surface area contributed by atoms with Gasteiger partial charge in [-0.25, -0.2) is 0 Å². The summed E-state index contributed by atoms with van der Waals surface area (Å²) in [5.41, 5.74) is 8.53. The van der Waals surface area contributed by atoms with Crippen molar-refractivity contribution in [2.24, 2.45) is 34.4 Å². The average Bonchev–Trinajstić information content (AvgIpc) is 3.73. The SMILES string of the molecule is CC#Cc1ccc(-c2ccc(C(=O)[C@@H]3CC[C@@H]([C@H](Cc4cccc(O)c4)NC(N)=NC)[C@@H]4C=c5ccc(CNC)cc5=C[C@@H]43)s2)s1. The van der Waals surface area contributed by atoms with Crippen molar-refractivity contribution in [3.63, 3.8) is 0 Å². The van der Waals surface area contributed by atoms with Gasteiger partial charge in [-0.3, -0.25) is 9.79 Å². The van der Waals surface area contributed by atoms with E-state index in [1.807, 2.05) is 44.3 Å². The second-order valence-electron chi connectivity index (χ2n) is 12.1. The lowest BCUT2D eigenvalue weighted by molar-refractivity contribution is 0.0768. The van der Waals surface area contributed by atoms with Crippen molar-refractivity contribution in [3.05, 3.63) is 98.0 Å². The lowest BCUT2D eigenvalue weighted by atomic mass is 9.61. The minimum atomic E-state index is -0.131. The first-order chi connectivity index (χ1) is 22.4. The molecule has 0 radical (unpaired) electrons. The van der Waals surface area contributed by atoms with Crippen LogP contribution in [0.25, 0.3) is 21.9 Å². The Hall–Kier alpha value is -4.16. The van der Waals surface area contributed by atoms with E-state index in [9.17, 15) is 9.90 Å². The Morgan fingerprint density at radius 2 is 1.80 bits per heavy atom. The number of phenols is 1. The van der Waals surface area contributed by atoms with Gasteiger partial charge in [-0.05, 0) is 109 Å². The molecule has 5 atom stereocenters. The van der Waals surface area contributed by atoms with Crippen LogP contribution in [0.2, 0.25) is 0 Å². The lowest BCUT2D eigenvalue weighted by Gasteiger charge is -2.44. The van der Waals surface area contributed by atoms with Gasteiger partial charge in [0.05, 0.1) is 9.75 Å². The van der Waals surface area contributed by atoms with E-state index in [1.165, 1.54) is 16.0 Å². The van der Waals surface area contributed by atoms with Crippen molar-refractivity contribution in [2.75, 3.05) is 14.1 Å². The Bertz CT molecular complexity index is 1950. The van der Waals surface area contributed by atoms with Crippen molar-refractivity contribution < 1.29 is 9.90 Å². The highest BCUT2D eigenvalue weighted by molar-refractivity contribution is 7.23. The number of carbonyl (C=O) groups excluding carboxylic acids is 1. The van der Waals surface area contributed by atoms with Gasteiger partial charge in [0.25, 0.3) is 0 Å². The molecule has 1 saturated carbocycles. The van der Waals surface area contributed by atoms with Crippen molar-refractivity contribution >= 4 is 46.6 Å². The smallest absolute Gasteiger partial charge is 0.188 e. The molecule has 8 heteroatoms. The fourth-order valence-electron chi connectivity index (χ4n) is 7.14. The second-order valence-corrected chi connectivity index (χ2v) is 14.3. The number of thiophene rings is 2. The fourth-order valence-corrected chi connectivity index (χ4v) is 9.15. The van der Waals surface area contributed by atoms with E-state index in [1.54, 1.807) is 35.8 Å². The number of aromatic hydroxyl groups is 1. The lowest BCUT2D eigenvalue weighted by Crippen LogP contribution is -2.52. The molecular weight excluding hydrogens is 609 g/mol. The van der Waals surface area contributed by atoms with Crippen LogP contribution in [-0.4, -0.2) is 37.0 Å². The van der Waals surface area contributed by atoms with Gasteiger partial charge in [-0.1, -0.05) is 48.4 Å². The number of guanidine groups is 1. The predicted octanol–water partition coefficient (Wildman–Crippen LogP) is 5.13. The molecule has 2 heterocycles. The van der Waals surface area contributed by atoms with Gasteiger partial charge < -0.3 is 21.5 Å². The molecule has 4 aromatic rings. The molecule has 6 nitrogen and oxygen atoms in total. The summed E-state index contributed by atoms with van der Waals surface area (Å²) in [5.74, 6) is 7.20. The largest absolute Gasteiger partial charge is 0.508 e. The zero-order valence-electron chi connectivity index (χ0n) is 26.4. The standard InChI is InChI=1S/C38H40N4O2S2/c1-4-6-28-11-14-34(45-28)35-15-16-36(46-35)37(44)30-13-12-29(33(42-38(39)41-3)19-23-7-5-8-27(43)18-23)31-20-25-10-9-24(22-40-2)17-26(25)21-32(30)31/h5,7-11,14-18,20-21,29-33,40,43H,12-13,19,22H2,1-3H3,(H3,39,41,42)/t29-,30-,31+,32-,33+/m1/s1. The van der Waals surface area contributed by atoms with Gasteiger partial charge in [0.2, 0.25) is 0 Å². The number of hydrogen-bond donors (Lipinski definition) is 4. The Balaban J connectivity index is 1.37. The monoisotopic (exact) mass is 648 g/mol. The topological polar surface area (TPSA) is 99.7 Å². The maximum Gasteiger partial charge on any atom is 0.188 e. The first-order valence-corrected chi connectivity index (χ1v) is 17.4. The van der Waals surface area contributed by atoms with E-state index in [-0.39, 0.29) is 41.2 Å². The molecule has 0 saturated heterocycles. The number of benzene rings is 2. The van der Waals surface area contributed by atoms with Gasteiger partial charge in [-0.15, -0.1) is 28.6 Å². The number of aliphatic imine (C=N–C) groups is 1. The summed E-state index contributed by atoms with van der Waals surface area (Å²) >= 11 is 3.25. The normalized spacial score (nSPS) is 21.1. The summed E-state index contributed by atoms with van der Waals surface area (Å²) in [5, 5.41) is 19.4. The van der Waals surface area contributed by atoms with Crippen molar-refractivity contribution in [3.8, 4) is 27.3 Å². The van der Waals surface area contributed by atoms with Crippen LogP contribution in [0.4, 0.5) is 0 Å². The average molecular weight is 649 g/mol. The number of hydrogen-bond acceptors (Lipinski definition) is 6. The van der Waals surface area contributed by atoms with Crippen LogP contribution < -0.4 is 26.8 Å². The van der Waals surface area contributed by atoms with E-state index in [2.05, 4.69) is 70.0 Å². The van der Waals surface area contributed by atoms with Crippen LogP contribution in [0.3, 0.4) is 0 Å². The zero-order chi connectivity index (χ0) is 32.2. The Morgan fingerprint density at radius 3 is 2.59 bits per heavy atom. The van der Waals surface area contributed by atoms with Crippen LogP contribution in [0.15, 0.2) is 71.7 Å². The van der Waals surface area contributed by atoms with E-state index < -0.39 is 0 Å². The van der Waals surface area contributed by atoms with Crippen LogP contribution in [0.1, 0.15) is 45.4 Å². The molecule has 0 unspecified atom stereocenters. The number of rotatable bonds is 9. The predicted molar refractivity (Wildman–Crippen MR) is 191 cm³/mol. The number of nitrogens with zero attached hydrogens (tertiary/aromatic N) is 1. The number of nitrogens with one attached hydrogen (secondary N) is 2.